The second kappa shape index (κ2) is 8.36. The molecule has 156 valence electrons. The molecule has 2 heterocycles. The van der Waals surface area contributed by atoms with Crippen molar-refractivity contribution in [2.24, 2.45) is 7.05 Å². The van der Waals surface area contributed by atoms with Crippen LogP contribution in [0.4, 0.5) is 10.8 Å². The van der Waals surface area contributed by atoms with Crippen molar-refractivity contribution in [2.75, 3.05) is 17.6 Å². The van der Waals surface area contributed by atoms with Crippen LogP contribution in [0.1, 0.15) is 10.4 Å². The molecule has 0 saturated carbocycles. The first-order valence-electron chi connectivity index (χ1n) is 9.25. The molecule has 10 heteroatoms. The van der Waals surface area contributed by atoms with E-state index in [0.29, 0.717) is 33.0 Å². The summed E-state index contributed by atoms with van der Waals surface area (Å²) in [5.41, 5.74) is 8.39. The minimum atomic E-state index is -0.402. The summed E-state index contributed by atoms with van der Waals surface area (Å²) in [6.45, 7) is -0.199. The predicted molar refractivity (Wildman–Crippen MR) is 120 cm³/mol. The summed E-state index contributed by atoms with van der Waals surface area (Å²) < 4.78 is 1.41. The van der Waals surface area contributed by atoms with E-state index in [4.69, 9.17) is 5.73 Å². The number of benzene rings is 2. The summed E-state index contributed by atoms with van der Waals surface area (Å²) in [6, 6.07) is 11.7. The van der Waals surface area contributed by atoms with Crippen molar-refractivity contribution in [1.82, 2.24) is 19.9 Å². The molecule has 0 atom stereocenters. The summed E-state index contributed by atoms with van der Waals surface area (Å²) in [6.07, 6.45) is 1.48. The minimum absolute atomic E-state index is 0.146. The molecule has 2 aromatic heterocycles. The fourth-order valence-corrected chi connectivity index (χ4v) is 3.63. The first-order chi connectivity index (χ1) is 14.9. The highest BCUT2D eigenvalue weighted by Crippen LogP contribution is 2.26. The number of hydrogen-bond donors (Lipinski definition) is 3. The van der Waals surface area contributed by atoms with E-state index in [1.54, 1.807) is 48.8 Å². The van der Waals surface area contributed by atoms with Crippen LogP contribution in [0.3, 0.4) is 0 Å². The van der Waals surface area contributed by atoms with E-state index < -0.39 is 5.91 Å². The van der Waals surface area contributed by atoms with Crippen LogP contribution in [0.25, 0.3) is 22.2 Å². The van der Waals surface area contributed by atoms with Gasteiger partial charge in [-0.1, -0.05) is 6.07 Å². The van der Waals surface area contributed by atoms with Crippen LogP contribution in [0.2, 0.25) is 0 Å². The molecule has 2 amide bonds. The molecule has 0 unspecified atom stereocenters. The molecule has 31 heavy (non-hydrogen) atoms. The minimum Gasteiger partial charge on any atom is -0.399 e. The molecule has 0 aliphatic heterocycles. The van der Waals surface area contributed by atoms with E-state index in [0.717, 1.165) is 5.56 Å². The molecule has 4 N–H and O–H groups in total. The maximum Gasteiger partial charge on any atom is 0.260 e. The summed E-state index contributed by atoms with van der Waals surface area (Å²) in [7, 11) is 1.64. The number of fused-ring (bicyclic) bond motifs is 1. The van der Waals surface area contributed by atoms with Gasteiger partial charge < -0.3 is 20.9 Å². The Morgan fingerprint density at radius 3 is 2.71 bits per heavy atom. The molecule has 0 aliphatic carbocycles. The molecular weight excluding hydrogens is 416 g/mol. The van der Waals surface area contributed by atoms with Gasteiger partial charge in [0.25, 0.3) is 11.5 Å². The van der Waals surface area contributed by atoms with Gasteiger partial charge in [0.2, 0.25) is 5.91 Å². The Bertz CT molecular complexity index is 1340. The summed E-state index contributed by atoms with van der Waals surface area (Å²) in [4.78, 5) is 45.2. The monoisotopic (exact) mass is 434 g/mol. The van der Waals surface area contributed by atoms with Crippen LogP contribution in [0.15, 0.2) is 59.0 Å². The van der Waals surface area contributed by atoms with E-state index in [9.17, 15) is 14.4 Å². The van der Waals surface area contributed by atoms with Crippen molar-refractivity contribution >= 4 is 44.9 Å². The first kappa shape index (κ1) is 20.2. The number of carbonyl (C=O) groups excluding carboxylic acids is 2. The molecule has 0 spiro atoms. The van der Waals surface area contributed by atoms with Crippen LogP contribution in [-0.2, 0) is 11.8 Å². The Morgan fingerprint density at radius 1 is 1.16 bits per heavy atom. The topological polar surface area (TPSA) is 132 Å². The Kier molecular flexibility index (Phi) is 5.46. The lowest BCUT2D eigenvalue weighted by Crippen LogP contribution is -2.32. The number of hydrogen-bond acceptors (Lipinski definition) is 7. The number of nitrogens with zero attached hydrogens (tertiary/aromatic N) is 3. The van der Waals surface area contributed by atoms with Crippen molar-refractivity contribution < 1.29 is 9.59 Å². The lowest BCUT2D eigenvalue weighted by atomic mass is 10.1. The van der Waals surface area contributed by atoms with Gasteiger partial charge in [0.15, 0.2) is 5.13 Å². The maximum absolute atomic E-state index is 12.3. The predicted octanol–water partition coefficient (Wildman–Crippen LogP) is 2.01. The van der Waals surface area contributed by atoms with Gasteiger partial charge in [-0.25, -0.2) is 9.97 Å². The Morgan fingerprint density at radius 2 is 1.94 bits per heavy atom. The average molecular weight is 434 g/mol. The van der Waals surface area contributed by atoms with Crippen molar-refractivity contribution in [3.8, 4) is 11.3 Å². The molecule has 0 bridgehead atoms. The number of thiazole rings is 1. The second-order valence-corrected chi connectivity index (χ2v) is 7.64. The number of carbonyl (C=O) groups is 2. The van der Waals surface area contributed by atoms with Gasteiger partial charge in [-0.05, 0) is 36.4 Å². The van der Waals surface area contributed by atoms with Gasteiger partial charge in [0, 0.05) is 29.2 Å². The summed E-state index contributed by atoms with van der Waals surface area (Å²) in [5.74, 6) is -0.775. The van der Waals surface area contributed by atoms with Gasteiger partial charge in [-0.15, -0.1) is 11.3 Å². The average Bonchev–Trinajstić information content (AvgIpc) is 3.23. The number of nitrogens with two attached hydrogens (primary N) is 1. The molecule has 2 aromatic carbocycles. The molecule has 4 rings (SSSR count). The maximum atomic E-state index is 12.3. The highest BCUT2D eigenvalue weighted by Gasteiger charge is 2.12. The number of aromatic nitrogens is 3. The number of aryl methyl sites for hydroxylation is 1. The summed E-state index contributed by atoms with van der Waals surface area (Å²) in [5, 5.41) is 7.88. The third-order valence-electron chi connectivity index (χ3n) is 4.55. The van der Waals surface area contributed by atoms with Gasteiger partial charge in [0.1, 0.15) is 0 Å². The van der Waals surface area contributed by atoms with Gasteiger partial charge in [0.05, 0.1) is 29.5 Å². The molecule has 9 nitrogen and oxygen atoms in total. The lowest BCUT2D eigenvalue weighted by Gasteiger charge is -2.05. The SMILES string of the molecule is Cn1cnc2ccc(-c3csc(NC(=O)CNC(=O)c4ccc(N)cc4)n3)cc2c1=O. The van der Waals surface area contributed by atoms with Crippen LogP contribution < -0.4 is 21.9 Å². The molecule has 0 radical (unpaired) electrons. The standard InChI is InChI=1S/C21H18N6O3S/c1-27-11-24-16-7-4-13(8-15(16)20(27)30)17-10-31-21(25-17)26-18(28)9-23-19(29)12-2-5-14(22)6-3-12/h2-8,10-11H,9,22H2,1H3,(H,23,29)(H,25,26,28). The molecule has 4 aromatic rings. The van der Waals surface area contributed by atoms with Crippen molar-refractivity contribution in [2.45, 2.75) is 0 Å². The fraction of sp³-hybridized carbons (Fsp3) is 0.0952. The van der Waals surface area contributed by atoms with Gasteiger partial charge in [-0.2, -0.15) is 0 Å². The van der Waals surface area contributed by atoms with Gasteiger partial charge >= 0.3 is 0 Å². The van der Waals surface area contributed by atoms with E-state index in [1.165, 1.54) is 22.2 Å². The van der Waals surface area contributed by atoms with Gasteiger partial charge in [-0.3, -0.25) is 14.4 Å². The van der Waals surface area contributed by atoms with Crippen LogP contribution in [0.5, 0.6) is 0 Å². The molecule has 0 fully saturated rings. The van der Waals surface area contributed by atoms with Crippen molar-refractivity contribution in [3.63, 3.8) is 0 Å². The zero-order valence-corrected chi connectivity index (χ0v) is 17.3. The fourth-order valence-electron chi connectivity index (χ4n) is 2.89. The van der Waals surface area contributed by atoms with E-state index in [2.05, 4.69) is 20.6 Å². The largest absolute Gasteiger partial charge is 0.399 e. The Balaban J connectivity index is 1.42. The summed E-state index contributed by atoms with van der Waals surface area (Å²) >= 11 is 1.25. The molecule has 0 saturated heterocycles. The van der Waals surface area contributed by atoms with E-state index in [1.807, 2.05) is 6.07 Å². The number of anilines is 2. The number of nitrogen functional groups attached to an aromatic ring is 1. The highest BCUT2D eigenvalue weighted by atomic mass is 32.1. The van der Waals surface area contributed by atoms with Crippen LogP contribution in [0, 0.1) is 0 Å². The Labute approximate surface area is 180 Å². The number of rotatable bonds is 5. The van der Waals surface area contributed by atoms with Crippen molar-refractivity contribution in [3.05, 3.63) is 70.1 Å². The first-order valence-corrected chi connectivity index (χ1v) is 10.1. The van der Waals surface area contributed by atoms with Crippen molar-refractivity contribution in [1.29, 1.82) is 0 Å². The molecule has 0 aliphatic rings. The number of amides is 2. The third-order valence-corrected chi connectivity index (χ3v) is 5.30. The second-order valence-electron chi connectivity index (χ2n) is 6.78. The van der Waals surface area contributed by atoms with E-state index >= 15 is 0 Å². The normalized spacial score (nSPS) is 10.7. The lowest BCUT2D eigenvalue weighted by molar-refractivity contribution is -0.115. The van der Waals surface area contributed by atoms with Crippen LogP contribution in [-0.4, -0.2) is 32.9 Å². The third kappa shape index (κ3) is 4.43. The Hall–Kier alpha value is -4.05. The highest BCUT2D eigenvalue weighted by molar-refractivity contribution is 7.14. The quantitative estimate of drug-likeness (QED) is 0.412. The zero-order valence-electron chi connectivity index (χ0n) is 16.5. The van der Waals surface area contributed by atoms with E-state index in [-0.39, 0.29) is 18.0 Å². The molecular formula is C21H18N6O3S. The zero-order chi connectivity index (χ0) is 22.0. The van der Waals surface area contributed by atoms with Crippen LogP contribution >= 0.6 is 11.3 Å². The smallest absolute Gasteiger partial charge is 0.260 e. The number of nitrogens with one attached hydrogen (secondary N) is 2.